The molecule has 0 aromatic carbocycles. The van der Waals surface area contributed by atoms with Gasteiger partial charge in [-0.05, 0) is 89.9 Å². The number of quaternary nitrogens is 1. The number of nitrogens with zero attached hydrogens (tertiary/aromatic N) is 1. The lowest BCUT2D eigenvalue weighted by Gasteiger charge is -2.28. The van der Waals surface area contributed by atoms with E-state index >= 15 is 0 Å². The third-order valence-electron chi connectivity index (χ3n) is 9.90. The van der Waals surface area contributed by atoms with Gasteiger partial charge in [0.2, 0.25) is 0 Å². The summed E-state index contributed by atoms with van der Waals surface area (Å²) >= 11 is 0. The Bertz CT molecular complexity index is 1330. The second-order valence-electron chi connectivity index (χ2n) is 17.1. The molecule has 0 aliphatic rings. The van der Waals surface area contributed by atoms with E-state index in [1.165, 1.54) is 57.8 Å². The number of ether oxygens (including phenoxy) is 2. The number of carbonyl (C=O) groups is 2. The van der Waals surface area contributed by atoms with E-state index in [1.807, 2.05) is 21.1 Å². The highest BCUT2D eigenvalue weighted by Crippen LogP contribution is 2.38. The minimum atomic E-state index is -4.64. The van der Waals surface area contributed by atoms with E-state index < -0.39 is 32.5 Å². The molecule has 0 aromatic heterocycles. The Morgan fingerprint density at radius 1 is 0.516 bits per heavy atom. The Balaban J connectivity index is 4.38. The Morgan fingerprint density at radius 2 is 0.919 bits per heavy atom. The van der Waals surface area contributed by atoms with E-state index in [2.05, 4.69) is 98.9 Å². The number of rotatable bonds is 43. The molecule has 2 atom stereocenters. The van der Waals surface area contributed by atoms with Crippen molar-refractivity contribution in [3.63, 3.8) is 0 Å². The molecule has 0 aliphatic heterocycles. The van der Waals surface area contributed by atoms with E-state index in [1.54, 1.807) is 0 Å². The molecule has 9 nitrogen and oxygen atoms in total. The molecule has 1 unspecified atom stereocenters. The van der Waals surface area contributed by atoms with Crippen LogP contribution in [0.2, 0.25) is 0 Å². The van der Waals surface area contributed by atoms with E-state index in [9.17, 15) is 19.0 Å². The van der Waals surface area contributed by atoms with Crippen LogP contribution in [0.4, 0.5) is 0 Å². The Kier molecular flexibility index (Phi) is 41.5. The van der Waals surface area contributed by atoms with Crippen LogP contribution in [-0.4, -0.2) is 70.0 Å². The van der Waals surface area contributed by atoms with Crippen LogP contribution in [0.25, 0.3) is 0 Å². The lowest BCUT2D eigenvalue weighted by molar-refractivity contribution is -0.870. The quantitative estimate of drug-likeness (QED) is 0.0196. The van der Waals surface area contributed by atoms with E-state index in [0.29, 0.717) is 23.9 Å². The molecule has 0 N–H and O–H groups in total. The van der Waals surface area contributed by atoms with Crippen molar-refractivity contribution in [2.24, 2.45) is 0 Å². The molecule has 0 amide bonds. The van der Waals surface area contributed by atoms with Gasteiger partial charge in [-0.15, -0.1) is 0 Å². The first-order valence-electron chi connectivity index (χ1n) is 24.3. The molecular formula is C52H90NO8P. The lowest BCUT2D eigenvalue weighted by Crippen LogP contribution is -2.37. The van der Waals surface area contributed by atoms with Crippen LogP contribution in [0.15, 0.2) is 85.1 Å². The number of allylic oxidation sites excluding steroid dienone is 14. The number of hydrogen-bond acceptors (Lipinski definition) is 8. The third-order valence-corrected chi connectivity index (χ3v) is 10.9. The molecule has 0 rings (SSSR count). The third kappa shape index (κ3) is 46.7. The molecule has 0 fully saturated rings. The van der Waals surface area contributed by atoms with Crippen molar-refractivity contribution in [2.45, 2.75) is 187 Å². The maximum Gasteiger partial charge on any atom is 0.306 e. The van der Waals surface area contributed by atoms with Crippen molar-refractivity contribution in [1.82, 2.24) is 0 Å². The van der Waals surface area contributed by atoms with Crippen LogP contribution >= 0.6 is 7.82 Å². The molecule has 0 saturated heterocycles. The highest BCUT2D eigenvalue weighted by atomic mass is 31.2. The second kappa shape index (κ2) is 43.4. The Morgan fingerprint density at radius 3 is 1.39 bits per heavy atom. The normalized spacial score (nSPS) is 14.2. The smallest absolute Gasteiger partial charge is 0.306 e. The first kappa shape index (κ1) is 59.2. The minimum absolute atomic E-state index is 0.0417. The van der Waals surface area contributed by atoms with Gasteiger partial charge in [-0.25, -0.2) is 0 Å². The summed E-state index contributed by atoms with van der Waals surface area (Å²) in [6, 6.07) is 0. The second-order valence-corrected chi connectivity index (χ2v) is 18.5. The zero-order valence-electron chi connectivity index (χ0n) is 40.0. The van der Waals surface area contributed by atoms with Crippen molar-refractivity contribution in [1.29, 1.82) is 0 Å². The lowest BCUT2D eigenvalue weighted by atomic mass is 10.1. The van der Waals surface area contributed by atoms with Crippen LogP contribution in [-0.2, 0) is 32.7 Å². The van der Waals surface area contributed by atoms with E-state index in [4.69, 9.17) is 18.5 Å². The number of esters is 2. The van der Waals surface area contributed by atoms with Gasteiger partial charge in [0.1, 0.15) is 19.8 Å². The van der Waals surface area contributed by atoms with Gasteiger partial charge >= 0.3 is 11.9 Å². The molecule has 0 aromatic rings. The SMILES string of the molecule is CC/C=C\C/C=C\C/C=C\C/C=C\C/C=C\CCCCCC(=O)OC[C@H](COP(=O)([O-])OCC[N+](C)(C)C)OC(=O)CCCCCCCCCCC/C=C\C/C=C\CCCCC. The Hall–Kier alpha value is -2.81. The molecular weight excluding hydrogens is 798 g/mol. The fourth-order valence-corrected chi connectivity index (χ4v) is 6.85. The van der Waals surface area contributed by atoms with Crippen molar-refractivity contribution < 1.29 is 42.1 Å². The van der Waals surface area contributed by atoms with Crippen molar-refractivity contribution in [3.8, 4) is 0 Å². The van der Waals surface area contributed by atoms with Gasteiger partial charge in [0.15, 0.2) is 6.10 Å². The fraction of sp³-hybridized carbons (Fsp3) is 0.692. The molecule has 0 saturated carbocycles. The summed E-state index contributed by atoms with van der Waals surface area (Å²) in [6.45, 7) is 4.04. The van der Waals surface area contributed by atoms with Crippen LogP contribution in [0.5, 0.6) is 0 Å². The summed E-state index contributed by atoms with van der Waals surface area (Å²) in [4.78, 5) is 37.7. The predicted octanol–water partition coefficient (Wildman–Crippen LogP) is 13.7. The standard InChI is InChI=1S/C52H90NO8P/c1-6-8-10-12-14-16-18-20-22-24-26-28-30-32-34-36-38-40-42-44-51(54)58-48-50(49-60-62(56,57)59-47-46-53(3,4)5)61-52(55)45-43-41-39-37-35-33-31-29-27-25-23-21-19-17-15-13-11-9-7-2/h8,10,14-17,20-23,26,28,32,34,50H,6-7,9,11-13,18-19,24-25,27,29-31,33,35-49H2,1-5H3/b10-8-,16-14-,17-15-,22-20-,23-21-,28-26-,34-32-/t50-/m1/s1. The Labute approximate surface area is 380 Å². The van der Waals surface area contributed by atoms with Crippen LogP contribution < -0.4 is 4.89 Å². The van der Waals surface area contributed by atoms with Crippen LogP contribution in [0, 0.1) is 0 Å². The zero-order chi connectivity index (χ0) is 45.7. The zero-order valence-corrected chi connectivity index (χ0v) is 40.9. The van der Waals surface area contributed by atoms with Gasteiger partial charge in [-0.1, -0.05) is 163 Å². The summed E-state index contributed by atoms with van der Waals surface area (Å²) in [5.74, 6) is -0.882. The minimum Gasteiger partial charge on any atom is -0.756 e. The number of likely N-dealkylation sites (N-methyl/N-ethyl adjacent to an activating group) is 1. The number of hydrogen-bond donors (Lipinski definition) is 0. The maximum atomic E-state index is 12.7. The molecule has 62 heavy (non-hydrogen) atoms. The first-order valence-corrected chi connectivity index (χ1v) is 25.8. The maximum absolute atomic E-state index is 12.7. The highest BCUT2D eigenvalue weighted by molar-refractivity contribution is 7.45. The number of phosphoric ester groups is 1. The summed E-state index contributed by atoms with van der Waals surface area (Å²) < 4.78 is 34.0. The van der Waals surface area contributed by atoms with Crippen LogP contribution in [0.3, 0.4) is 0 Å². The van der Waals surface area contributed by atoms with Gasteiger partial charge in [0.05, 0.1) is 27.7 Å². The summed E-state index contributed by atoms with van der Waals surface area (Å²) in [5, 5.41) is 0. The topological polar surface area (TPSA) is 111 Å². The van der Waals surface area contributed by atoms with E-state index in [0.717, 1.165) is 83.5 Å². The summed E-state index contributed by atoms with van der Waals surface area (Å²) in [7, 11) is 1.13. The number of phosphoric acid groups is 1. The van der Waals surface area contributed by atoms with Crippen molar-refractivity contribution in [2.75, 3.05) is 47.5 Å². The predicted molar refractivity (Wildman–Crippen MR) is 259 cm³/mol. The van der Waals surface area contributed by atoms with Gasteiger partial charge < -0.3 is 27.9 Å². The molecule has 356 valence electrons. The highest BCUT2D eigenvalue weighted by Gasteiger charge is 2.21. The van der Waals surface area contributed by atoms with Gasteiger partial charge in [-0.3, -0.25) is 14.2 Å². The van der Waals surface area contributed by atoms with Crippen molar-refractivity contribution >= 4 is 19.8 Å². The monoisotopic (exact) mass is 888 g/mol. The van der Waals surface area contributed by atoms with Gasteiger partial charge in [-0.2, -0.15) is 0 Å². The average Bonchev–Trinajstić information content (AvgIpc) is 3.23. The van der Waals surface area contributed by atoms with Crippen LogP contribution in [0.1, 0.15) is 181 Å². The molecule has 10 heteroatoms. The van der Waals surface area contributed by atoms with E-state index in [-0.39, 0.29) is 26.1 Å². The van der Waals surface area contributed by atoms with Gasteiger partial charge in [0, 0.05) is 12.8 Å². The molecule has 0 heterocycles. The first-order chi connectivity index (χ1) is 30.0. The molecule has 0 spiro atoms. The summed E-state index contributed by atoms with van der Waals surface area (Å²) in [5.41, 5.74) is 0. The van der Waals surface area contributed by atoms with Gasteiger partial charge in [0.25, 0.3) is 7.82 Å². The fourth-order valence-electron chi connectivity index (χ4n) is 6.12. The average molecular weight is 888 g/mol. The molecule has 0 radical (unpaired) electrons. The summed E-state index contributed by atoms with van der Waals surface area (Å²) in [6.07, 6.45) is 56.1. The molecule has 0 aliphatic carbocycles. The largest absolute Gasteiger partial charge is 0.756 e. The molecule has 0 bridgehead atoms. The number of carbonyl (C=O) groups excluding carboxylic acids is 2. The van der Waals surface area contributed by atoms with Crippen molar-refractivity contribution in [3.05, 3.63) is 85.1 Å². The number of unbranched alkanes of at least 4 members (excludes halogenated alkanes) is 15.